The van der Waals surface area contributed by atoms with E-state index in [1.807, 2.05) is 0 Å². The number of rotatable bonds is 2. The number of fused-ring (bicyclic) bond motifs is 1. The highest BCUT2D eigenvalue weighted by Gasteiger charge is 2.09. The lowest BCUT2D eigenvalue weighted by Gasteiger charge is -2.07. The van der Waals surface area contributed by atoms with Gasteiger partial charge < -0.3 is 5.11 Å². The Hall–Kier alpha value is -0.970. The summed E-state index contributed by atoms with van der Waals surface area (Å²) in [7, 11) is 0. The first-order chi connectivity index (χ1) is 7.63. The van der Waals surface area contributed by atoms with Gasteiger partial charge in [-0.15, -0.1) is 0 Å². The fraction of sp³-hybridized carbons (Fsp3) is 0.0909. The second-order valence-corrected chi connectivity index (χ2v) is 4.51. The largest absolute Gasteiger partial charge is 0.392 e. The minimum absolute atomic E-state index is 0.135. The van der Waals surface area contributed by atoms with Gasteiger partial charge in [0.25, 0.3) is 0 Å². The molecule has 2 rings (SSSR count). The van der Waals surface area contributed by atoms with Crippen LogP contribution in [0, 0.1) is 0 Å². The molecular weight excluding hydrogens is 291 g/mol. The summed E-state index contributed by atoms with van der Waals surface area (Å²) in [5.74, 6) is 0. The zero-order chi connectivity index (χ0) is 11.7. The van der Waals surface area contributed by atoms with Crippen molar-refractivity contribution in [3.8, 4) is 0 Å². The maximum absolute atomic E-state index is 9.09. The Bertz CT molecular complexity index is 571. The Kier molecular flexibility index (Phi) is 3.23. The van der Waals surface area contributed by atoms with Crippen LogP contribution in [0.25, 0.3) is 16.3 Å². The van der Waals surface area contributed by atoms with Gasteiger partial charge in [-0.25, -0.2) is 4.98 Å². The average Bonchev–Trinajstić information content (AvgIpc) is 2.28. The number of aliphatic hydroxyl groups excluding tert-OH is 1. The first kappa shape index (κ1) is 11.5. The van der Waals surface area contributed by atoms with Crippen LogP contribution in [0.1, 0.15) is 5.69 Å². The van der Waals surface area contributed by atoms with Crippen LogP contribution in [0.4, 0.5) is 0 Å². The van der Waals surface area contributed by atoms with Gasteiger partial charge in [0, 0.05) is 27.6 Å². The molecule has 0 aromatic carbocycles. The third-order valence-corrected chi connectivity index (χ3v) is 3.05. The number of aliphatic hydroxyl groups is 1. The first-order valence-corrected chi connectivity index (χ1v) is 5.69. The molecule has 0 spiro atoms. The molecule has 0 radical (unpaired) electrons. The molecule has 0 unspecified atom stereocenters. The third-order valence-electron chi connectivity index (χ3n) is 2.22. The lowest BCUT2D eigenvalue weighted by molar-refractivity contribution is 0.350. The van der Waals surface area contributed by atoms with Crippen molar-refractivity contribution in [1.82, 2.24) is 9.97 Å². The fourth-order valence-electron chi connectivity index (χ4n) is 1.43. The average molecular weight is 300 g/mol. The smallest absolute Gasteiger partial charge is 0.129 e. The van der Waals surface area contributed by atoms with Crippen LogP contribution < -0.4 is 0 Å². The zero-order valence-electron chi connectivity index (χ0n) is 8.24. The zero-order valence-corrected chi connectivity index (χ0v) is 10.6. The van der Waals surface area contributed by atoms with E-state index in [0.29, 0.717) is 16.4 Å². The van der Waals surface area contributed by atoms with Gasteiger partial charge in [-0.2, -0.15) is 0 Å². The quantitative estimate of drug-likeness (QED) is 0.867. The minimum Gasteiger partial charge on any atom is -0.392 e. The molecule has 0 atom stereocenters. The van der Waals surface area contributed by atoms with E-state index in [1.54, 1.807) is 18.5 Å². The van der Waals surface area contributed by atoms with Crippen molar-refractivity contribution in [3.63, 3.8) is 0 Å². The second kappa shape index (κ2) is 4.49. The van der Waals surface area contributed by atoms with E-state index in [9.17, 15) is 0 Å². The van der Waals surface area contributed by atoms with Crippen molar-refractivity contribution < 1.29 is 5.11 Å². The van der Waals surface area contributed by atoms with Crippen molar-refractivity contribution in [2.45, 2.75) is 0 Å². The summed E-state index contributed by atoms with van der Waals surface area (Å²) in [5.41, 5.74) is 1.20. The Balaban J connectivity index is 2.80. The van der Waals surface area contributed by atoms with Crippen LogP contribution in [0.2, 0.25) is 5.15 Å². The SMILES string of the molecule is C=C(CO)c1ncc(Br)c2cnc(Cl)cc12. The Morgan fingerprint density at radius 1 is 1.38 bits per heavy atom. The van der Waals surface area contributed by atoms with Gasteiger partial charge in [-0.3, -0.25) is 4.98 Å². The van der Waals surface area contributed by atoms with Crippen molar-refractivity contribution in [2.24, 2.45) is 0 Å². The molecule has 0 saturated carbocycles. The Morgan fingerprint density at radius 3 is 2.81 bits per heavy atom. The highest BCUT2D eigenvalue weighted by Crippen LogP contribution is 2.29. The minimum atomic E-state index is -0.135. The molecule has 0 amide bonds. The van der Waals surface area contributed by atoms with Crippen LogP contribution in [0.15, 0.2) is 29.5 Å². The van der Waals surface area contributed by atoms with Crippen LogP contribution in [0.5, 0.6) is 0 Å². The van der Waals surface area contributed by atoms with Crippen molar-refractivity contribution in [2.75, 3.05) is 6.61 Å². The van der Waals surface area contributed by atoms with Crippen LogP contribution in [0.3, 0.4) is 0 Å². The van der Waals surface area contributed by atoms with E-state index in [2.05, 4.69) is 32.5 Å². The van der Waals surface area contributed by atoms with Crippen molar-refractivity contribution in [3.05, 3.63) is 40.4 Å². The number of hydrogen-bond donors (Lipinski definition) is 1. The normalized spacial score (nSPS) is 10.7. The molecule has 0 saturated heterocycles. The van der Waals surface area contributed by atoms with E-state index >= 15 is 0 Å². The molecular formula is C11H8BrClN2O. The molecule has 2 aromatic rings. The maximum Gasteiger partial charge on any atom is 0.129 e. The van der Waals surface area contributed by atoms with Crippen LogP contribution in [-0.4, -0.2) is 21.7 Å². The number of halogens is 2. The monoisotopic (exact) mass is 298 g/mol. The molecule has 0 aliphatic rings. The predicted octanol–water partition coefficient (Wildman–Crippen LogP) is 3.05. The number of pyridine rings is 2. The standard InChI is InChI=1S/C11H8BrClN2O/c1-6(5-16)11-7-2-10(13)14-3-8(7)9(12)4-15-11/h2-4,16H,1,5H2. The van der Waals surface area contributed by atoms with Gasteiger partial charge in [0.15, 0.2) is 0 Å². The Morgan fingerprint density at radius 2 is 2.12 bits per heavy atom. The highest BCUT2D eigenvalue weighted by molar-refractivity contribution is 9.10. The molecule has 0 bridgehead atoms. The number of hydrogen-bond acceptors (Lipinski definition) is 3. The van der Waals surface area contributed by atoms with Gasteiger partial charge in [0.1, 0.15) is 5.15 Å². The second-order valence-electron chi connectivity index (χ2n) is 3.27. The molecule has 82 valence electrons. The van der Waals surface area contributed by atoms with Gasteiger partial charge in [-0.1, -0.05) is 18.2 Å². The van der Waals surface area contributed by atoms with Gasteiger partial charge >= 0.3 is 0 Å². The molecule has 0 aliphatic heterocycles. The van der Waals surface area contributed by atoms with E-state index < -0.39 is 0 Å². The van der Waals surface area contributed by atoms with Gasteiger partial charge in [0.2, 0.25) is 0 Å². The van der Waals surface area contributed by atoms with E-state index in [1.165, 1.54) is 0 Å². The lowest BCUT2D eigenvalue weighted by Crippen LogP contribution is -1.95. The molecule has 16 heavy (non-hydrogen) atoms. The topological polar surface area (TPSA) is 46.0 Å². The number of nitrogens with zero attached hydrogens (tertiary/aromatic N) is 2. The molecule has 0 aliphatic carbocycles. The number of aromatic nitrogens is 2. The molecule has 1 N–H and O–H groups in total. The van der Waals surface area contributed by atoms with Gasteiger partial charge in [-0.05, 0) is 27.6 Å². The summed E-state index contributed by atoms with van der Waals surface area (Å²) in [5, 5.41) is 11.2. The first-order valence-electron chi connectivity index (χ1n) is 4.52. The molecule has 0 fully saturated rings. The summed E-state index contributed by atoms with van der Waals surface area (Å²) in [6.45, 7) is 3.63. The van der Waals surface area contributed by atoms with Crippen molar-refractivity contribution >= 4 is 43.9 Å². The highest BCUT2D eigenvalue weighted by atomic mass is 79.9. The lowest BCUT2D eigenvalue weighted by atomic mass is 10.1. The summed E-state index contributed by atoms with van der Waals surface area (Å²) >= 11 is 9.23. The molecule has 2 aromatic heterocycles. The molecule has 3 nitrogen and oxygen atoms in total. The van der Waals surface area contributed by atoms with Crippen LogP contribution in [-0.2, 0) is 0 Å². The Labute approximate surface area is 106 Å². The van der Waals surface area contributed by atoms with Gasteiger partial charge in [0.05, 0.1) is 12.3 Å². The molecule has 5 heteroatoms. The van der Waals surface area contributed by atoms with Crippen molar-refractivity contribution in [1.29, 1.82) is 0 Å². The predicted molar refractivity (Wildman–Crippen MR) is 68.4 cm³/mol. The summed E-state index contributed by atoms with van der Waals surface area (Å²) < 4.78 is 0.834. The fourth-order valence-corrected chi connectivity index (χ4v) is 2.01. The molecule has 2 heterocycles. The van der Waals surface area contributed by atoms with E-state index in [4.69, 9.17) is 16.7 Å². The van der Waals surface area contributed by atoms with E-state index in [0.717, 1.165) is 15.2 Å². The summed E-state index contributed by atoms with van der Waals surface area (Å²) in [6.07, 6.45) is 3.33. The maximum atomic E-state index is 9.09. The third kappa shape index (κ3) is 1.96. The van der Waals surface area contributed by atoms with Crippen LogP contribution >= 0.6 is 27.5 Å². The van der Waals surface area contributed by atoms with E-state index in [-0.39, 0.29) is 6.61 Å². The summed E-state index contributed by atoms with van der Waals surface area (Å²) in [6, 6.07) is 1.71. The summed E-state index contributed by atoms with van der Waals surface area (Å²) in [4.78, 5) is 8.24.